The van der Waals surface area contributed by atoms with E-state index in [0.29, 0.717) is 30.2 Å². The number of carbonyl (C=O) groups excluding carboxylic acids is 1. The zero-order valence-corrected chi connectivity index (χ0v) is 15.3. The lowest BCUT2D eigenvalue weighted by molar-refractivity contribution is -0.116. The number of H-pyrrole nitrogens is 1. The molecule has 0 spiro atoms. The van der Waals surface area contributed by atoms with Crippen LogP contribution in [0.4, 0.5) is 5.69 Å². The molecular weight excluding hydrogens is 348 g/mol. The predicted octanol–water partition coefficient (Wildman–Crippen LogP) is 4.04. The molecule has 6 nitrogen and oxygen atoms in total. The van der Waals surface area contributed by atoms with Crippen LogP contribution >= 0.6 is 12.2 Å². The Morgan fingerprint density at radius 2 is 1.92 bits per heavy atom. The number of amides is 1. The molecule has 0 radical (unpaired) electrons. The van der Waals surface area contributed by atoms with Crippen LogP contribution in [-0.4, -0.2) is 27.3 Å². The van der Waals surface area contributed by atoms with Crippen molar-refractivity contribution in [3.8, 4) is 17.1 Å². The number of anilines is 1. The smallest absolute Gasteiger partial charge is 0.226 e. The van der Waals surface area contributed by atoms with Gasteiger partial charge in [0.2, 0.25) is 5.91 Å². The first-order chi connectivity index (χ1) is 12.7. The first-order valence-electron chi connectivity index (χ1n) is 8.40. The molecule has 1 amide bonds. The van der Waals surface area contributed by atoms with Gasteiger partial charge in [-0.05, 0) is 55.5 Å². The van der Waals surface area contributed by atoms with Gasteiger partial charge in [-0.25, -0.2) is 0 Å². The first kappa shape index (κ1) is 17.9. The number of aromatic amines is 1. The van der Waals surface area contributed by atoms with Crippen LogP contribution in [0.1, 0.15) is 13.3 Å². The third kappa shape index (κ3) is 4.37. The number of nitrogens with one attached hydrogen (secondary N) is 2. The van der Waals surface area contributed by atoms with Crippen molar-refractivity contribution in [2.45, 2.75) is 19.9 Å². The molecule has 0 saturated heterocycles. The maximum atomic E-state index is 12.2. The van der Waals surface area contributed by atoms with E-state index < -0.39 is 0 Å². The third-order valence-corrected chi connectivity index (χ3v) is 4.11. The molecule has 1 heterocycles. The van der Waals surface area contributed by atoms with Crippen molar-refractivity contribution < 1.29 is 9.53 Å². The molecule has 7 heteroatoms. The summed E-state index contributed by atoms with van der Waals surface area (Å²) in [5.74, 6) is 1.43. The van der Waals surface area contributed by atoms with Crippen molar-refractivity contribution in [1.29, 1.82) is 0 Å². The van der Waals surface area contributed by atoms with Gasteiger partial charge in [-0.15, -0.1) is 0 Å². The van der Waals surface area contributed by atoms with Crippen molar-refractivity contribution >= 4 is 23.8 Å². The summed E-state index contributed by atoms with van der Waals surface area (Å²) in [4.78, 5) is 12.2. The molecule has 0 atom stereocenters. The van der Waals surface area contributed by atoms with Gasteiger partial charge in [-0.3, -0.25) is 14.5 Å². The van der Waals surface area contributed by atoms with Crippen LogP contribution in [0.15, 0.2) is 54.6 Å². The minimum absolute atomic E-state index is 0.0723. The van der Waals surface area contributed by atoms with Crippen LogP contribution in [0, 0.1) is 4.77 Å². The van der Waals surface area contributed by atoms with Gasteiger partial charge in [0.15, 0.2) is 10.6 Å². The molecule has 0 unspecified atom stereocenters. The van der Waals surface area contributed by atoms with E-state index in [1.54, 1.807) is 0 Å². The molecule has 0 aliphatic heterocycles. The molecule has 0 aliphatic carbocycles. The van der Waals surface area contributed by atoms with E-state index in [4.69, 9.17) is 17.0 Å². The highest BCUT2D eigenvalue weighted by Crippen LogP contribution is 2.21. The Morgan fingerprint density at radius 1 is 1.19 bits per heavy atom. The number of carbonyl (C=O) groups is 1. The SMILES string of the molecule is CCOc1ccc(-c2n[nH]c(=S)n2CCC(=O)Nc2ccccc2)cc1. The molecule has 1 aromatic heterocycles. The van der Waals surface area contributed by atoms with Crippen LogP contribution < -0.4 is 10.1 Å². The van der Waals surface area contributed by atoms with E-state index in [9.17, 15) is 4.79 Å². The molecule has 134 valence electrons. The Bertz CT molecular complexity index is 917. The minimum atomic E-state index is -0.0723. The van der Waals surface area contributed by atoms with Crippen molar-refractivity contribution in [3.05, 3.63) is 59.4 Å². The zero-order chi connectivity index (χ0) is 18.4. The van der Waals surface area contributed by atoms with Gasteiger partial charge in [0.1, 0.15) is 5.75 Å². The van der Waals surface area contributed by atoms with E-state index in [2.05, 4.69) is 15.5 Å². The summed E-state index contributed by atoms with van der Waals surface area (Å²) in [6, 6.07) is 17.0. The molecule has 0 fully saturated rings. The average molecular weight is 368 g/mol. The number of ether oxygens (including phenoxy) is 1. The third-order valence-electron chi connectivity index (χ3n) is 3.80. The summed E-state index contributed by atoms with van der Waals surface area (Å²) in [5, 5.41) is 9.97. The quantitative estimate of drug-likeness (QED) is 0.618. The highest BCUT2D eigenvalue weighted by molar-refractivity contribution is 7.71. The van der Waals surface area contributed by atoms with Gasteiger partial charge in [0.05, 0.1) is 6.61 Å². The Balaban J connectivity index is 1.70. The summed E-state index contributed by atoms with van der Waals surface area (Å²) in [5.41, 5.74) is 1.68. The Labute approximate surface area is 156 Å². The fourth-order valence-electron chi connectivity index (χ4n) is 2.57. The Morgan fingerprint density at radius 3 is 2.62 bits per heavy atom. The Kier molecular flexibility index (Phi) is 5.80. The monoisotopic (exact) mass is 368 g/mol. The van der Waals surface area contributed by atoms with E-state index in [1.165, 1.54) is 0 Å². The lowest BCUT2D eigenvalue weighted by Crippen LogP contribution is -2.15. The number of aromatic nitrogens is 3. The molecule has 2 N–H and O–H groups in total. The number of rotatable bonds is 7. The van der Waals surface area contributed by atoms with Crippen molar-refractivity contribution in [2.24, 2.45) is 0 Å². The molecule has 0 bridgehead atoms. The number of hydrogen-bond donors (Lipinski definition) is 2. The molecular formula is C19H20N4O2S. The summed E-state index contributed by atoms with van der Waals surface area (Å²) in [7, 11) is 0. The number of benzene rings is 2. The van der Waals surface area contributed by atoms with Crippen LogP contribution in [0.5, 0.6) is 5.75 Å². The highest BCUT2D eigenvalue weighted by Gasteiger charge is 2.11. The molecule has 26 heavy (non-hydrogen) atoms. The van der Waals surface area contributed by atoms with E-state index in [0.717, 1.165) is 17.0 Å². The lowest BCUT2D eigenvalue weighted by Gasteiger charge is -2.09. The van der Waals surface area contributed by atoms with Crippen LogP contribution in [-0.2, 0) is 11.3 Å². The number of hydrogen-bond acceptors (Lipinski definition) is 4. The fourth-order valence-corrected chi connectivity index (χ4v) is 2.79. The zero-order valence-electron chi connectivity index (χ0n) is 14.4. The van der Waals surface area contributed by atoms with E-state index in [-0.39, 0.29) is 5.91 Å². The van der Waals surface area contributed by atoms with E-state index >= 15 is 0 Å². The number of nitrogens with zero attached hydrogens (tertiary/aromatic N) is 2. The second-order valence-electron chi connectivity index (χ2n) is 5.63. The summed E-state index contributed by atoms with van der Waals surface area (Å²) < 4.78 is 7.78. The van der Waals surface area contributed by atoms with Gasteiger partial charge in [-0.2, -0.15) is 5.10 Å². The van der Waals surface area contributed by atoms with Crippen molar-refractivity contribution in [2.75, 3.05) is 11.9 Å². The second-order valence-corrected chi connectivity index (χ2v) is 6.01. The van der Waals surface area contributed by atoms with Crippen LogP contribution in [0.3, 0.4) is 0 Å². The van der Waals surface area contributed by atoms with Gasteiger partial charge < -0.3 is 10.1 Å². The maximum Gasteiger partial charge on any atom is 0.226 e. The van der Waals surface area contributed by atoms with Gasteiger partial charge in [0.25, 0.3) is 0 Å². The lowest BCUT2D eigenvalue weighted by atomic mass is 10.2. The van der Waals surface area contributed by atoms with Crippen LogP contribution in [0.25, 0.3) is 11.4 Å². The van der Waals surface area contributed by atoms with Crippen molar-refractivity contribution in [1.82, 2.24) is 14.8 Å². The van der Waals surface area contributed by atoms with Gasteiger partial charge >= 0.3 is 0 Å². The molecule has 0 saturated carbocycles. The summed E-state index contributed by atoms with van der Waals surface area (Å²) >= 11 is 5.31. The predicted molar refractivity (Wildman–Crippen MR) is 104 cm³/mol. The first-order valence-corrected chi connectivity index (χ1v) is 8.81. The largest absolute Gasteiger partial charge is 0.494 e. The molecule has 3 aromatic rings. The molecule has 2 aromatic carbocycles. The highest BCUT2D eigenvalue weighted by atomic mass is 32.1. The topological polar surface area (TPSA) is 71.9 Å². The summed E-state index contributed by atoms with van der Waals surface area (Å²) in [6.07, 6.45) is 0.298. The normalized spacial score (nSPS) is 10.5. The standard InChI is InChI=1S/C19H20N4O2S/c1-2-25-16-10-8-14(9-11-16)18-21-22-19(26)23(18)13-12-17(24)20-15-6-4-3-5-7-15/h3-11H,2,12-13H2,1H3,(H,20,24)(H,22,26). The Hall–Kier alpha value is -2.93. The van der Waals surface area contributed by atoms with Crippen molar-refractivity contribution in [3.63, 3.8) is 0 Å². The van der Waals surface area contributed by atoms with E-state index in [1.807, 2.05) is 66.1 Å². The fraction of sp³-hybridized carbons (Fsp3) is 0.211. The van der Waals surface area contributed by atoms with Gasteiger partial charge in [-0.1, -0.05) is 18.2 Å². The average Bonchev–Trinajstić information content (AvgIpc) is 3.02. The number of para-hydroxylation sites is 1. The van der Waals surface area contributed by atoms with Gasteiger partial charge in [0, 0.05) is 24.2 Å². The second kappa shape index (κ2) is 8.44. The summed E-state index contributed by atoms with van der Waals surface area (Å²) in [6.45, 7) is 3.00. The van der Waals surface area contributed by atoms with Crippen LogP contribution in [0.2, 0.25) is 0 Å². The molecule has 0 aliphatic rings. The maximum absolute atomic E-state index is 12.2. The molecule has 3 rings (SSSR count). The minimum Gasteiger partial charge on any atom is -0.494 e.